The number of primary sulfonamides is 1. The average molecular weight is 389 g/mol. The molecule has 6 rings (SSSR count). The van der Waals surface area contributed by atoms with E-state index in [4.69, 9.17) is 5.14 Å². The van der Waals surface area contributed by atoms with Crippen LogP contribution in [0.4, 0.5) is 0 Å². The zero-order valence-electron chi connectivity index (χ0n) is 15.6. The first-order chi connectivity index (χ1) is 12.8. The summed E-state index contributed by atoms with van der Waals surface area (Å²) in [6.07, 6.45) is 9.88. The Balaban J connectivity index is 1.39. The van der Waals surface area contributed by atoms with Crippen molar-refractivity contribution >= 4 is 15.9 Å². The Hall–Kier alpha value is -1.40. The smallest absolute Gasteiger partial charge is 0.238 e. The molecule has 4 fully saturated rings. The molecule has 1 atom stereocenters. The van der Waals surface area contributed by atoms with Crippen molar-refractivity contribution in [2.75, 3.05) is 0 Å². The number of sulfonamides is 1. The first-order valence-electron chi connectivity index (χ1n) is 10.3. The molecule has 146 valence electrons. The number of amides is 1. The van der Waals surface area contributed by atoms with Crippen LogP contribution in [0.25, 0.3) is 0 Å². The number of carbonyl (C=O) groups excluding carboxylic acids is 1. The highest BCUT2D eigenvalue weighted by atomic mass is 32.2. The summed E-state index contributed by atoms with van der Waals surface area (Å²) in [4.78, 5) is 13.5. The summed E-state index contributed by atoms with van der Waals surface area (Å²) >= 11 is 0. The molecule has 0 saturated heterocycles. The molecule has 5 nitrogen and oxygen atoms in total. The molecule has 1 unspecified atom stereocenters. The maximum absolute atomic E-state index is 13.4. The van der Waals surface area contributed by atoms with E-state index in [-0.39, 0.29) is 22.3 Å². The van der Waals surface area contributed by atoms with Gasteiger partial charge in [-0.05, 0) is 98.8 Å². The Morgan fingerprint density at radius 1 is 1.07 bits per heavy atom. The van der Waals surface area contributed by atoms with Gasteiger partial charge in [-0.15, -0.1) is 0 Å². The van der Waals surface area contributed by atoms with Gasteiger partial charge >= 0.3 is 0 Å². The van der Waals surface area contributed by atoms with Gasteiger partial charge in [0.05, 0.1) is 10.9 Å². The summed E-state index contributed by atoms with van der Waals surface area (Å²) in [7, 11) is -3.69. The van der Waals surface area contributed by atoms with Crippen molar-refractivity contribution in [1.29, 1.82) is 0 Å². The molecule has 0 radical (unpaired) electrons. The van der Waals surface area contributed by atoms with E-state index in [0.29, 0.717) is 0 Å². The Morgan fingerprint density at radius 3 is 2.30 bits per heavy atom. The van der Waals surface area contributed by atoms with Gasteiger partial charge in [0.1, 0.15) is 0 Å². The molecule has 4 saturated carbocycles. The first kappa shape index (κ1) is 17.7. The first-order valence-corrected chi connectivity index (χ1v) is 11.8. The van der Waals surface area contributed by atoms with Crippen molar-refractivity contribution in [3.05, 3.63) is 29.3 Å². The van der Waals surface area contributed by atoms with Crippen LogP contribution in [0.3, 0.4) is 0 Å². The van der Waals surface area contributed by atoms with Crippen LogP contribution in [-0.4, -0.2) is 14.3 Å². The van der Waals surface area contributed by atoms with E-state index in [1.54, 1.807) is 12.1 Å². The summed E-state index contributed by atoms with van der Waals surface area (Å²) < 4.78 is 23.3. The molecule has 3 N–H and O–H groups in total. The van der Waals surface area contributed by atoms with Crippen LogP contribution in [0.15, 0.2) is 23.1 Å². The third-order valence-electron chi connectivity index (χ3n) is 7.58. The number of carbonyl (C=O) groups is 1. The molecule has 5 aliphatic rings. The van der Waals surface area contributed by atoms with Crippen LogP contribution in [-0.2, 0) is 21.2 Å². The Kier molecular flexibility index (Phi) is 3.96. The van der Waals surface area contributed by atoms with Crippen LogP contribution in [0.5, 0.6) is 0 Å². The zero-order chi connectivity index (χ0) is 18.8. The van der Waals surface area contributed by atoms with E-state index in [1.165, 1.54) is 19.3 Å². The summed E-state index contributed by atoms with van der Waals surface area (Å²) in [6.45, 7) is 0. The largest absolute Gasteiger partial charge is 0.349 e. The van der Waals surface area contributed by atoms with Gasteiger partial charge in [-0.1, -0.05) is 6.07 Å². The van der Waals surface area contributed by atoms with Gasteiger partial charge in [-0.3, -0.25) is 4.79 Å². The molecule has 5 aliphatic carbocycles. The minimum atomic E-state index is -3.69. The number of fused-ring (bicyclic) bond motifs is 1. The molecular weight excluding hydrogens is 360 g/mol. The lowest BCUT2D eigenvalue weighted by Crippen LogP contribution is -2.54. The third-order valence-corrected chi connectivity index (χ3v) is 8.49. The topological polar surface area (TPSA) is 89.3 Å². The van der Waals surface area contributed by atoms with E-state index >= 15 is 0 Å². The quantitative estimate of drug-likeness (QED) is 0.834. The lowest BCUT2D eigenvalue weighted by Gasteiger charge is -2.56. The van der Waals surface area contributed by atoms with Gasteiger partial charge in [0.15, 0.2) is 0 Å². The van der Waals surface area contributed by atoms with E-state index in [2.05, 4.69) is 5.32 Å². The fourth-order valence-electron chi connectivity index (χ4n) is 6.82. The standard InChI is InChI=1S/C21H28N2O3S/c22-27(25,26)17-4-5-18-16(9-17)2-1-3-19(18)23-20(24)21-10-13-6-14(11-21)8-15(7-13)12-21/h4-5,9,13-15,19H,1-3,6-8,10-12H2,(H,23,24)(H2,22,25,26). The van der Waals surface area contributed by atoms with Crippen LogP contribution in [0.1, 0.15) is 68.5 Å². The number of rotatable bonds is 3. The highest BCUT2D eigenvalue weighted by Gasteiger charge is 2.54. The van der Waals surface area contributed by atoms with Gasteiger partial charge in [0, 0.05) is 5.41 Å². The van der Waals surface area contributed by atoms with E-state index in [9.17, 15) is 13.2 Å². The van der Waals surface area contributed by atoms with Crippen LogP contribution in [0.2, 0.25) is 0 Å². The summed E-state index contributed by atoms with van der Waals surface area (Å²) in [5.74, 6) is 2.49. The molecule has 1 amide bonds. The minimum Gasteiger partial charge on any atom is -0.349 e. The summed E-state index contributed by atoms with van der Waals surface area (Å²) in [5.41, 5.74) is 1.92. The maximum Gasteiger partial charge on any atom is 0.238 e. The Bertz CT molecular complexity index is 857. The predicted octanol–water partition coefficient (Wildman–Crippen LogP) is 3.04. The highest BCUT2D eigenvalue weighted by Crippen LogP contribution is 2.60. The lowest BCUT2D eigenvalue weighted by atomic mass is 9.49. The second-order valence-corrected chi connectivity index (χ2v) is 11.1. The van der Waals surface area contributed by atoms with Gasteiger partial charge in [0.25, 0.3) is 0 Å². The molecule has 1 aromatic carbocycles. The Morgan fingerprint density at radius 2 is 1.70 bits per heavy atom. The number of aryl methyl sites for hydroxylation is 1. The lowest BCUT2D eigenvalue weighted by molar-refractivity contribution is -0.147. The average Bonchev–Trinajstić information content (AvgIpc) is 2.59. The van der Waals surface area contributed by atoms with Crippen molar-refractivity contribution in [1.82, 2.24) is 5.32 Å². The molecule has 27 heavy (non-hydrogen) atoms. The third kappa shape index (κ3) is 3.01. The number of benzene rings is 1. The second kappa shape index (κ2) is 6.05. The molecule has 0 spiro atoms. The molecular formula is C21H28N2O3S. The maximum atomic E-state index is 13.4. The number of nitrogens with two attached hydrogens (primary N) is 1. The molecule has 4 bridgehead atoms. The summed E-state index contributed by atoms with van der Waals surface area (Å²) in [5, 5.41) is 8.65. The van der Waals surface area contributed by atoms with Gasteiger partial charge in [-0.25, -0.2) is 13.6 Å². The summed E-state index contributed by atoms with van der Waals surface area (Å²) in [6, 6.07) is 5.10. The van der Waals surface area contributed by atoms with Crippen LogP contribution in [0, 0.1) is 23.2 Å². The van der Waals surface area contributed by atoms with Crippen molar-refractivity contribution in [3.8, 4) is 0 Å². The van der Waals surface area contributed by atoms with E-state index in [0.717, 1.165) is 67.4 Å². The number of hydrogen-bond donors (Lipinski definition) is 2. The van der Waals surface area contributed by atoms with Crippen LogP contribution >= 0.6 is 0 Å². The van der Waals surface area contributed by atoms with Crippen molar-refractivity contribution in [3.63, 3.8) is 0 Å². The highest BCUT2D eigenvalue weighted by molar-refractivity contribution is 7.89. The fraction of sp³-hybridized carbons (Fsp3) is 0.667. The normalized spacial score (nSPS) is 37.1. The van der Waals surface area contributed by atoms with Crippen molar-refractivity contribution in [2.45, 2.75) is 68.7 Å². The second-order valence-electron chi connectivity index (χ2n) is 9.52. The monoisotopic (exact) mass is 388 g/mol. The van der Waals surface area contributed by atoms with Gasteiger partial charge in [0.2, 0.25) is 15.9 Å². The number of hydrogen-bond acceptors (Lipinski definition) is 3. The van der Waals surface area contributed by atoms with Crippen molar-refractivity contribution < 1.29 is 13.2 Å². The predicted molar refractivity (Wildman–Crippen MR) is 102 cm³/mol. The molecule has 0 heterocycles. The molecule has 0 aliphatic heterocycles. The minimum absolute atomic E-state index is 0.0104. The van der Waals surface area contributed by atoms with E-state index in [1.807, 2.05) is 6.07 Å². The molecule has 1 aromatic rings. The molecule has 6 heteroatoms. The van der Waals surface area contributed by atoms with Gasteiger partial charge < -0.3 is 5.32 Å². The van der Waals surface area contributed by atoms with Crippen molar-refractivity contribution in [2.24, 2.45) is 28.3 Å². The number of nitrogens with one attached hydrogen (secondary N) is 1. The Labute approximate surface area is 161 Å². The fourth-order valence-corrected chi connectivity index (χ4v) is 7.38. The molecule has 0 aromatic heterocycles. The zero-order valence-corrected chi connectivity index (χ0v) is 16.4. The van der Waals surface area contributed by atoms with Gasteiger partial charge in [-0.2, -0.15) is 0 Å². The van der Waals surface area contributed by atoms with E-state index < -0.39 is 10.0 Å². The van der Waals surface area contributed by atoms with Crippen LogP contribution < -0.4 is 10.5 Å². The SMILES string of the molecule is NS(=O)(=O)c1ccc2c(c1)CCCC2NC(=O)C12CC3CC(CC(C3)C1)C2.